The van der Waals surface area contributed by atoms with Crippen LogP contribution in [0.5, 0.6) is 17.2 Å². The molecule has 164 valence electrons. The molecule has 0 aliphatic carbocycles. The topological polar surface area (TPSA) is 73.9 Å². The molecule has 0 radical (unpaired) electrons. The van der Waals surface area contributed by atoms with Gasteiger partial charge in [-0.05, 0) is 68.1 Å². The normalized spacial score (nSPS) is 17.9. The smallest absolute Gasteiger partial charge is 0.241 e. The average molecular weight is 434 g/mol. The number of ether oxygens (including phenoxy) is 3. The molecule has 0 saturated carbocycles. The SMILES string of the molecule is COc1ccc2c(c1)C(NS(=O)(=O)c1cc(C(C)C)c(OC)cc1C)CC(C)(C)O2. The van der Waals surface area contributed by atoms with Crippen molar-refractivity contribution < 1.29 is 22.6 Å². The van der Waals surface area contributed by atoms with Gasteiger partial charge < -0.3 is 14.2 Å². The molecule has 1 atom stereocenters. The Kier molecular flexibility index (Phi) is 6.07. The first kappa shape index (κ1) is 22.4. The fourth-order valence-corrected chi connectivity index (χ4v) is 5.39. The summed E-state index contributed by atoms with van der Waals surface area (Å²) in [6, 6.07) is 8.54. The van der Waals surface area contributed by atoms with Crippen LogP contribution in [0.3, 0.4) is 0 Å². The van der Waals surface area contributed by atoms with Crippen LogP contribution in [-0.4, -0.2) is 28.2 Å². The highest BCUT2D eigenvalue weighted by Gasteiger charge is 2.37. The Bertz CT molecular complexity index is 1040. The second-order valence-electron chi connectivity index (χ2n) is 8.66. The van der Waals surface area contributed by atoms with Crippen molar-refractivity contribution >= 4 is 10.0 Å². The quantitative estimate of drug-likeness (QED) is 0.714. The van der Waals surface area contributed by atoms with Crippen molar-refractivity contribution in [3.8, 4) is 17.2 Å². The zero-order valence-electron chi connectivity index (χ0n) is 18.7. The molecule has 0 saturated heterocycles. The van der Waals surface area contributed by atoms with Gasteiger partial charge >= 0.3 is 0 Å². The van der Waals surface area contributed by atoms with Crippen LogP contribution in [0, 0.1) is 6.92 Å². The van der Waals surface area contributed by atoms with E-state index in [0.29, 0.717) is 29.2 Å². The molecule has 2 aromatic carbocycles. The summed E-state index contributed by atoms with van der Waals surface area (Å²) in [6.45, 7) is 9.72. The Morgan fingerprint density at radius 2 is 1.83 bits per heavy atom. The van der Waals surface area contributed by atoms with Crippen molar-refractivity contribution in [3.63, 3.8) is 0 Å². The average Bonchev–Trinajstić information content (AvgIpc) is 2.65. The molecule has 7 heteroatoms. The minimum Gasteiger partial charge on any atom is -0.497 e. The Labute approximate surface area is 179 Å². The van der Waals surface area contributed by atoms with Crippen LogP contribution >= 0.6 is 0 Å². The maximum Gasteiger partial charge on any atom is 0.241 e. The molecule has 0 bridgehead atoms. The lowest BCUT2D eigenvalue weighted by Crippen LogP contribution is -2.41. The van der Waals surface area contributed by atoms with Crippen molar-refractivity contribution in [1.82, 2.24) is 4.72 Å². The minimum atomic E-state index is -3.79. The third-order valence-corrected chi connectivity index (χ3v) is 7.02. The van der Waals surface area contributed by atoms with Gasteiger partial charge in [0.2, 0.25) is 10.0 Å². The van der Waals surface area contributed by atoms with Gasteiger partial charge in [-0.3, -0.25) is 0 Å². The molecule has 0 aromatic heterocycles. The maximum atomic E-state index is 13.4. The van der Waals surface area contributed by atoms with E-state index in [1.54, 1.807) is 33.3 Å². The van der Waals surface area contributed by atoms with Gasteiger partial charge in [-0.15, -0.1) is 0 Å². The summed E-state index contributed by atoms with van der Waals surface area (Å²) >= 11 is 0. The van der Waals surface area contributed by atoms with Crippen LogP contribution in [0.25, 0.3) is 0 Å². The monoisotopic (exact) mass is 433 g/mol. The summed E-state index contributed by atoms with van der Waals surface area (Å²) in [5.74, 6) is 2.14. The number of fused-ring (bicyclic) bond motifs is 1. The molecule has 3 rings (SSSR count). The molecule has 1 aliphatic heterocycles. The van der Waals surface area contributed by atoms with Gasteiger partial charge in [0.1, 0.15) is 22.8 Å². The molecular formula is C23H31NO5S. The molecule has 0 spiro atoms. The highest BCUT2D eigenvalue weighted by atomic mass is 32.2. The van der Waals surface area contributed by atoms with Crippen LogP contribution in [-0.2, 0) is 10.0 Å². The van der Waals surface area contributed by atoms with Crippen LogP contribution < -0.4 is 18.9 Å². The molecule has 0 fully saturated rings. The molecule has 1 unspecified atom stereocenters. The second-order valence-corrected chi connectivity index (χ2v) is 10.3. The zero-order chi connectivity index (χ0) is 22.3. The third kappa shape index (κ3) is 4.42. The van der Waals surface area contributed by atoms with E-state index in [1.807, 2.05) is 45.9 Å². The Morgan fingerprint density at radius 1 is 1.13 bits per heavy atom. The van der Waals surface area contributed by atoms with Gasteiger partial charge in [-0.1, -0.05) is 13.8 Å². The van der Waals surface area contributed by atoms with E-state index in [2.05, 4.69) is 4.72 Å². The summed E-state index contributed by atoms with van der Waals surface area (Å²) in [6.07, 6.45) is 0.499. The lowest BCUT2D eigenvalue weighted by molar-refractivity contribution is 0.0700. The molecule has 2 aromatic rings. The Hall–Kier alpha value is -2.25. The van der Waals surface area contributed by atoms with E-state index in [0.717, 1.165) is 11.1 Å². The molecule has 1 aliphatic rings. The number of aryl methyl sites for hydroxylation is 1. The first-order valence-corrected chi connectivity index (χ1v) is 11.5. The van der Waals surface area contributed by atoms with E-state index < -0.39 is 21.7 Å². The summed E-state index contributed by atoms with van der Waals surface area (Å²) in [7, 11) is -0.601. The number of hydrogen-bond donors (Lipinski definition) is 1. The summed E-state index contributed by atoms with van der Waals surface area (Å²) in [5.41, 5.74) is 1.76. The molecule has 6 nitrogen and oxygen atoms in total. The number of sulfonamides is 1. The van der Waals surface area contributed by atoms with Gasteiger partial charge in [0.15, 0.2) is 0 Å². The van der Waals surface area contributed by atoms with E-state index in [-0.39, 0.29) is 10.8 Å². The predicted octanol–water partition coefficient (Wildman–Crippen LogP) is 4.72. The molecule has 1 N–H and O–H groups in total. The standard InChI is InChI=1S/C23H31NO5S/c1-14(2)17-12-22(15(3)10-21(17)28-7)30(25,26)24-19-13-23(4,5)29-20-9-8-16(27-6)11-18(19)20/h8-12,14,19,24H,13H2,1-7H3. The van der Waals surface area contributed by atoms with Crippen molar-refractivity contribution in [3.05, 3.63) is 47.0 Å². The van der Waals surface area contributed by atoms with Crippen LogP contribution in [0.2, 0.25) is 0 Å². The highest BCUT2D eigenvalue weighted by Crippen LogP contribution is 2.42. The van der Waals surface area contributed by atoms with Gasteiger partial charge in [0.05, 0.1) is 25.2 Å². The molecular weight excluding hydrogens is 402 g/mol. The second kappa shape index (κ2) is 8.12. The van der Waals surface area contributed by atoms with E-state index >= 15 is 0 Å². The number of benzene rings is 2. The van der Waals surface area contributed by atoms with Crippen molar-refractivity contribution in [2.45, 2.75) is 63.5 Å². The van der Waals surface area contributed by atoms with Gasteiger partial charge in [0.25, 0.3) is 0 Å². The highest BCUT2D eigenvalue weighted by molar-refractivity contribution is 7.89. The van der Waals surface area contributed by atoms with Gasteiger partial charge in [-0.2, -0.15) is 0 Å². The van der Waals surface area contributed by atoms with Crippen LogP contribution in [0.4, 0.5) is 0 Å². The first-order chi connectivity index (χ1) is 14.0. The number of nitrogens with one attached hydrogen (secondary N) is 1. The lowest BCUT2D eigenvalue weighted by Gasteiger charge is -2.38. The van der Waals surface area contributed by atoms with Crippen LogP contribution in [0.1, 0.15) is 62.8 Å². The number of hydrogen-bond acceptors (Lipinski definition) is 5. The lowest BCUT2D eigenvalue weighted by atomic mass is 9.90. The summed E-state index contributed by atoms with van der Waals surface area (Å²) < 4.78 is 46.7. The Morgan fingerprint density at radius 3 is 2.43 bits per heavy atom. The van der Waals surface area contributed by atoms with E-state index in [1.165, 1.54) is 0 Å². The number of rotatable bonds is 6. The van der Waals surface area contributed by atoms with E-state index in [9.17, 15) is 8.42 Å². The van der Waals surface area contributed by atoms with Crippen molar-refractivity contribution in [1.29, 1.82) is 0 Å². The summed E-state index contributed by atoms with van der Waals surface area (Å²) in [4.78, 5) is 0.265. The molecule has 30 heavy (non-hydrogen) atoms. The van der Waals surface area contributed by atoms with E-state index in [4.69, 9.17) is 14.2 Å². The third-order valence-electron chi connectivity index (χ3n) is 5.41. The maximum absolute atomic E-state index is 13.4. The fraction of sp³-hybridized carbons (Fsp3) is 0.478. The fourth-order valence-electron chi connectivity index (χ4n) is 3.91. The minimum absolute atomic E-state index is 0.126. The zero-order valence-corrected chi connectivity index (χ0v) is 19.5. The molecule has 0 amide bonds. The summed E-state index contributed by atoms with van der Waals surface area (Å²) in [5, 5.41) is 0. The van der Waals surface area contributed by atoms with Crippen molar-refractivity contribution in [2.24, 2.45) is 0 Å². The van der Waals surface area contributed by atoms with Crippen molar-refractivity contribution in [2.75, 3.05) is 14.2 Å². The Balaban J connectivity index is 2.05. The largest absolute Gasteiger partial charge is 0.497 e. The van der Waals surface area contributed by atoms with Crippen LogP contribution in [0.15, 0.2) is 35.2 Å². The molecule has 1 heterocycles. The predicted molar refractivity (Wildman–Crippen MR) is 117 cm³/mol. The van der Waals surface area contributed by atoms with Gasteiger partial charge in [0, 0.05) is 12.0 Å². The first-order valence-electron chi connectivity index (χ1n) is 10.0. The number of methoxy groups -OCH3 is 2. The van der Waals surface area contributed by atoms with Gasteiger partial charge in [-0.25, -0.2) is 13.1 Å².